The van der Waals surface area contributed by atoms with Crippen molar-refractivity contribution in [1.29, 1.82) is 0 Å². The van der Waals surface area contributed by atoms with E-state index in [9.17, 15) is 14.4 Å². The first-order chi connectivity index (χ1) is 9.90. The minimum atomic E-state index is -0.544. The molecule has 7 nitrogen and oxygen atoms in total. The summed E-state index contributed by atoms with van der Waals surface area (Å²) in [6, 6.07) is 2.84. The summed E-state index contributed by atoms with van der Waals surface area (Å²) < 4.78 is 2.33. The highest BCUT2D eigenvalue weighted by Gasteiger charge is 2.32. The van der Waals surface area contributed by atoms with Crippen LogP contribution in [-0.2, 0) is 14.1 Å². The summed E-state index contributed by atoms with van der Waals surface area (Å²) in [4.78, 5) is 38.2. The van der Waals surface area contributed by atoms with E-state index in [1.807, 2.05) is 19.1 Å². The lowest BCUT2D eigenvalue weighted by molar-refractivity contribution is 0.248. The Bertz CT molecular complexity index is 861. The van der Waals surface area contributed by atoms with Crippen LogP contribution in [0.15, 0.2) is 21.7 Å². The van der Waals surface area contributed by atoms with Crippen molar-refractivity contribution in [2.75, 3.05) is 5.32 Å². The molecule has 21 heavy (non-hydrogen) atoms. The molecule has 2 aromatic heterocycles. The summed E-state index contributed by atoms with van der Waals surface area (Å²) in [5.41, 5.74) is -0.500. The molecular formula is C13H14N4O3S. The van der Waals surface area contributed by atoms with Crippen molar-refractivity contribution in [3.63, 3.8) is 0 Å². The summed E-state index contributed by atoms with van der Waals surface area (Å²) in [5.74, 6) is 0.253. The third-order valence-corrected chi connectivity index (χ3v) is 4.61. The van der Waals surface area contributed by atoms with Gasteiger partial charge in [-0.2, -0.15) is 0 Å². The van der Waals surface area contributed by atoms with Crippen LogP contribution in [0.1, 0.15) is 21.4 Å². The van der Waals surface area contributed by atoms with Gasteiger partial charge in [-0.05, 0) is 19.1 Å². The zero-order valence-corrected chi connectivity index (χ0v) is 12.6. The monoisotopic (exact) mass is 306 g/mol. The van der Waals surface area contributed by atoms with Crippen molar-refractivity contribution >= 4 is 23.2 Å². The lowest BCUT2D eigenvalue weighted by Crippen LogP contribution is -2.48. The van der Waals surface area contributed by atoms with Crippen LogP contribution in [0.5, 0.6) is 0 Å². The molecule has 2 aromatic rings. The van der Waals surface area contributed by atoms with Gasteiger partial charge in [0.15, 0.2) is 0 Å². The van der Waals surface area contributed by atoms with E-state index in [0.29, 0.717) is 5.56 Å². The maximum atomic E-state index is 12.4. The quantitative estimate of drug-likeness (QED) is 0.812. The van der Waals surface area contributed by atoms with Crippen molar-refractivity contribution in [2.45, 2.75) is 13.0 Å². The van der Waals surface area contributed by atoms with Crippen LogP contribution in [0.3, 0.4) is 0 Å². The molecule has 2 N–H and O–H groups in total. The number of aromatic nitrogens is 2. The van der Waals surface area contributed by atoms with Crippen LogP contribution in [0.4, 0.5) is 10.6 Å². The molecule has 110 valence electrons. The lowest BCUT2D eigenvalue weighted by atomic mass is 10.1. The number of anilines is 1. The minimum absolute atomic E-state index is 0.253. The summed E-state index contributed by atoms with van der Waals surface area (Å²) in [6.45, 7) is 1.96. The molecule has 1 aliphatic rings. The van der Waals surface area contributed by atoms with Crippen LogP contribution < -0.4 is 21.9 Å². The fraction of sp³-hybridized carbons (Fsp3) is 0.308. The van der Waals surface area contributed by atoms with Crippen molar-refractivity contribution in [1.82, 2.24) is 14.5 Å². The summed E-state index contributed by atoms with van der Waals surface area (Å²) in [5, 5.41) is 5.30. The van der Waals surface area contributed by atoms with Gasteiger partial charge in [-0.3, -0.25) is 19.2 Å². The molecule has 8 heteroatoms. The van der Waals surface area contributed by atoms with E-state index in [4.69, 9.17) is 0 Å². The molecule has 3 heterocycles. The first-order valence-electron chi connectivity index (χ1n) is 6.34. The number of rotatable bonds is 1. The molecule has 0 bridgehead atoms. The fourth-order valence-corrected chi connectivity index (χ4v) is 3.39. The van der Waals surface area contributed by atoms with Gasteiger partial charge in [-0.1, -0.05) is 0 Å². The molecule has 0 spiro atoms. The molecule has 0 radical (unpaired) electrons. The van der Waals surface area contributed by atoms with Crippen LogP contribution in [0.25, 0.3) is 0 Å². The highest BCUT2D eigenvalue weighted by molar-refractivity contribution is 7.12. The standard InChI is InChI=1S/C13H14N4O3S/c1-6-4-5-7(21-6)9-8-10(15-12(19)14-9)16(2)13(20)17(3)11(8)18/h4-5,9H,1-3H3,(H2,14,15,19)/t9-/m0/s1. The number of nitrogens with one attached hydrogen (secondary N) is 2. The van der Waals surface area contributed by atoms with Crippen LogP contribution in [-0.4, -0.2) is 15.2 Å². The van der Waals surface area contributed by atoms with E-state index in [1.54, 1.807) is 0 Å². The maximum Gasteiger partial charge on any atom is 0.332 e. The van der Waals surface area contributed by atoms with Crippen molar-refractivity contribution in [3.05, 3.63) is 48.3 Å². The molecule has 1 atom stereocenters. The summed E-state index contributed by atoms with van der Waals surface area (Å²) in [6.07, 6.45) is 0. The van der Waals surface area contributed by atoms with Gasteiger partial charge in [-0.25, -0.2) is 9.59 Å². The SMILES string of the molecule is Cc1ccc([C@@H]2NC(=O)Nc3c2c(=O)n(C)c(=O)n3C)s1. The molecular weight excluding hydrogens is 292 g/mol. The average molecular weight is 306 g/mol. The molecule has 0 fully saturated rings. The second-order valence-corrected chi connectivity index (χ2v) is 6.27. The van der Waals surface area contributed by atoms with Gasteiger partial charge < -0.3 is 5.32 Å². The third kappa shape index (κ3) is 1.99. The Morgan fingerprint density at radius 2 is 1.86 bits per heavy atom. The van der Waals surface area contributed by atoms with Gasteiger partial charge in [0.2, 0.25) is 0 Å². The van der Waals surface area contributed by atoms with Gasteiger partial charge in [0.05, 0.1) is 11.6 Å². The van der Waals surface area contributed by atoms with Gasteiger partial charge in [0, 0.05) is 23.8 Å². The maximum absolute atomic E-state index is 12.4. The average Bonchev–Trinajstić information content (AvgIpc) is 2.88. The minimum Gasteiger partial charge on any atom is -0.326 e. The van der Waals surface area contributed by atoms with Gasteiger partial charge in [-0.15, -0.1) is 11.3 Å². The molecule has 0 aliphatic carbocycles. The Hall–Kier alpha value is -2.35. The summed E-state index contributed by atoms with van der Waals surface area (Å²) >= 11 is 1.51. The molecule has 0 aromatic carbocycles. The fourth-order valence-electron chi connectivity index (χ4n) is 2.45. The van der Waals surface area contributed by atoms with Gasteiger partial charge >= 0.3 is 11.7 Å². The van der Waals surface area contributed by atoms with Crippen LogP contribution >= 0.6 is 11.3 Å². The van der Waals surface area contributed by atoms with Crippen molar-refractivity contribution in [3.8, 4) is 0 Å². The molecule has 0 saturated heterocycles. The van der Waals surface area contributed by atoms with Crippen LogP contribution in [0.2, 0.25) is 0 Å². The zero-order chi connectivity index (χ0) is 15.3. The predicted molar refractivity (Wildman–Crippen MR) is 80.0 cm³/mol. The van der Waals surface area contributed by atoms with Gasteiger partial charge in [0.1, 0.15) is 5.82 Å². The number of fused-ring (bicyclic) bond motifs is 1. The number of urea groups is 1. The number of nitrogens with zero attached hydrogens (tertiary/aromatic N) is 2. The first kappa shape index (κ1) is 13.6. The van der Waals surface area contributed by atoms with Gasteiger partial charge in [0.25, 0.3) is 5.56 Å². The van der Waals surface area contributed by atoms with E-state index in [1.165, 1.54) is 30.0 Å². The highest BCUT2D eigenvalue weighted by Crippen LogP contribution is 2.32. The second-order valence-electron chi connectivity index (χ2n) is 4.95. The number of carbonyl (C=O) groups is 1. The Morgan fingerprint density at radius 1 is 1.14 bits per heavy atom. The molecule has 0 saturated carbocycles. The van der Waals surface area contributed by atoms with Crippen molar-refractivity contribution in [2.24, 2.45) is 14.1 Å². The number of thiophene rings is 1. The number of hydrogen-bond acceptors (Lipinski definition) is 4. The molecule has 2 amide bonds. The van der Waals surface area contributed by atoms with E-state index >= 15 is 0 Å². The second kappa shape index (κ2) is 4.59. The lowest BCUT2D eigenvalue weighted by Gasteiger charge is -2.27. The topological polar surface area (TPSA) is 85.1 Å². The van der Waals surface area contributed by atoms with Crippen molar-refractivity contribution < 1.29 is 4.79 Å². The Labute approximate surface area is 123 Å². The number of amides is 2. The third-order valence-electron chi connectivity index (χ3n) is 3.54. The molecule has 0 unspecified atom stereocenters. The Morgan fingerprint density at radius 3 is 2.48 bits per heavy atom. The first-order valence-corrected chi connectivity index (χ1v) is 7.15. The van der Waals surface area contributed by atoms with E-state index in [-0.39, 0.29) is 5.82 Å². The Balaban J connectivity index is 2.32. The van der Waals surface area contributed by atoms with E-state index < -0.39 is 23.3 Å². The highest BCUT2D eigenvalue weighted by atomic mass is 32.1. The normalized spacial score (nSPS) is 17.1. The predicted octanol–water partition coefficient (Wildman–Crippen LogP) is 0.678. The zero-order valence-electron chi connectivity index (χ0n) is 11.8. The summed E-state index contributed by atoms with van der Waals surface area (Å²) in [7, 11) is 2.96. The van der Waals surface area contributed by atoms with Crippen LogP contribution in [0, 0.1) is 6.92 Å². The Kier molecular flexibility index (Phi) is 2.98. The number of carbonyl (C=O) groups excluding carboxylic acids is 1. The smallest absolute Gasteiger partial charge is 0.326 e. The number of hydrogen-bond donors (Lipinski definition) is 2. The number of aryl methyl sites for hydroxylation is 1. The molecule has 1 aliphatic heterocycles. The largest absolute Gasteiger partial charge is 0.332 e. The molecule has 3 rings (SSSR count). The van der Waals surface area contributed by atoms with E-state index in [0.717, 1.165) is 14.3 Å². The van der Waals surface area contributed by atoms with E-state index in [2.05, 4.69) is 10.6 Å².